The van der Waals surface area contributed by atoms with Gasteiger partial charge in [0.2, 0.25) is 11.8 Å². The maximum absolute atomic E-state index is 14.8. The number of para-hydroxylation sites is 1. The minimum absolute atomic E-state index is 0.0381. The van der Waals surface area contributed by atoms with Gasteiger partial charge in [-0.15, -0.1) is 0 Å². The predicted octanol–water partition coefficient (Wildman–Crippen LogP) is 5.53. The molecule has 5 unspecified atom stereocenters. The van der Waals surface area contributed by atoms with Crippen molar-refractivity contribution in [3.05, 3.63) is 47.7 Å². The third-order valence-corrected chi connectivity index (χ3v) is 13.6. The molecule has 52 heavy (non-hydrogen) atoms. The molecule has 0 radical (unpaired) electrons. The molecule has 8 rings (SSSR count). The highest BCUT2D eigenvalue weighted by Crippen LogP contribution is 2.50. The van der Waals surface area contributed by atoms with Crippen molar-refractivity contribution < 1.29 is 23.9 Å². The molecule has 5 amide bonds. The maximum atomic E-state index is 14.8. The molecule has 4 fully saturated rings. The fraction of sp³-hybridized carbons (Fsp3) is 0.625. The van der Waals surface area contributed by atoms with Crippen molar-refractivity contribution in [2.75, 3.05) is 6.54 Å². The molecule has 1 saturated heterocycles. The summed E-state index contributed by atoms with van der Waals surface area (Å²) in [6, 6.07) is 6.16. The minimum Gasteiger partial charge on any atom is -0.483 e. The average Bonchev–Trinajstić information content (AvgIpc) is 3.90. The summed E-state index contributed by atoms with van der Waals surface area (Å²) in [6.07, 6.45) is 16.4. The minimum atomic E-state index is -1.07. The van der Waals surface area contributed by atoms with E-state index in [4.69, 9.17) is 9.72 Å². The molecule has 3 aliphatic heterocycles. The number of aromatic nitrogens is 1. The summed E-state index contributed by atoms with van der Waals surface area (Å²) < 4.78 is 10.0. The number of aryl methyl sites for hydroxylation is 2. The standard InChI is InChI=1S/C40H52N6O5S/c1-25-33-29(28-15-10-11-16-30(28)41-25)18-19-39(51-33)23-32-34(47)44-40(36(49)45-52-38(2)20-21-38)22-26(40)12-6-4-3-5-7-17-31(35(48)46(32)24-39)43-37(50)42-27-13-8-9-14-27/h6,10-12,15-16,26-27,31-32H,3-5,7-9,13-14,17-24H2,1-2H3,(H,44,47)(H,45,49)(H2,42,43,50). The van der Waals surface area contributed by atoms with Crippen LogP contribution < -0.4 is 25.4 Å². The molecule has 4 N–H and O–H groups in total. The summed E-state index contributed by atoms with van der Waals surface area (Å²) in [4.78, 5) is 63.1. The third kappa shape index (κ3) is 6.99. The van der Waals surface area contributed by atoms with Crippen LogP contribution in [0.3, 0.4) is 0 Å². The summed E-state index contributed by atoms with van der Waals surface area (Å²) >= 11 is 1.45. The first-order chi connectivity index (χ1) is 25.1. The van der Waals surface area contributed by atoms with E-state index in [1.165, 1.54) is 11.9 Å². The number of urea groups is 1. The number of amides is 5. The summed E-state index contributed by atoms with van der Waals surface area (Å²) in [5.41, 5.74) is 0.899. The summed E-state index contributed by atoms with van der Waals surface area (Å²) in [7, 11) is 0. The van der Waals surface area contributed by atoms with Crippen LogP contribution >= 0.6 is 11.9 Å². The molecule has 4 heterocycles. The van der Waals surface area contributed by atoms with Crippen molar-refractivity contribution in [2.45, 2.75) is 144 Å². The zero-order valence-electron chi connectivity index (χ0n) is 30.4. The normalized spacial score (nSPS) is 31.3. The molecule has 11 nitrogen and oxygen atoms in total. The van der Waals surface area contributed by atoms with Gasteiger partial charge in [-0.1, -0.05) is 56.0 Å². The van der Waals surface area contributed by atoms with E-state index >= 15 is 0 Å². The Morgan fingerprint density at radius 3 is 2.60 bits per heavy atom. The number of carbonyl (C=O) groups is 4. The topological polar surface area (TPSA) is 142 Å². The van der Waals surface area contributed by atoms with E-state index in [-0.39, 0.29) is 53.4 Å². The molecule has 3 saturated carbocycles. The van der Waals surface area contributed by atoms with Crippen LogP contribution in [0.1, 0.15) is 108 Å². The van der Waals surface area contributed by atoms with E-state index in [0.29, 0.717) is 19.3 Å². The van der Waals surface area contributed by atoms with Crippen molar-refractivity contribution >= 4 is 46.6 Å². The number of fused-ring (bicyclic) bond motifs is 5. The second kappa shape index (κ2) is 13.9. The summed E-state index contributed by atoms with van der Waals surface area (Å²) in [5, 5.41) is 10.4. The number of hydrogen-bond acceptors (Lipinski definition) is 7. The molecule has 3 aliphatic carbocycles. The molecule has 6 aliphatic rings. The van der Waals surface area contributed by atoms with Gasteiger partial charge in [0.25, 0.3) is 5.91 Å². The first kappa shape index (κ1) is 35.2. The second-order valence-corrected chi connectivity index (χ2v) is 17.9. The highest BCUT2D eigenvalue weighted by molar-refractivity contribution is 7.99. The van der Waals surface area contributed by atoms with Crippen LogP contribution in [0.4, 0.5) is 4.79 Å². The Morgan fingerprint density at radius 2 is 1.79 bits per heavy atom. The SMILES string of the molecule is Cc1nc2ccccc2c2c1OC1(CC2)CC2C(=O)NC3(C(=O)NSC4(C)CC4)CC3C=CCCCCCC(NC(=O)NC3CCCC3)C(=O)N2C1. The number of rotatable bonds is 5. The van der Waals surface area contributed by atoms with E-state index < -0.39 is 23.2 Å². The Bertz CT molecular complexity index is 1790. The Hall–Kier alpha value is -3.80. The van der Waals surface area contributed by atoms with Gasteiger partial charge in [-0.25, -0.2) is 9.78 Å². The lowest BCUT2D eigenvalue weighted by Crippen LogP contribution is -2.58. The van der Waals surface area contributed by atoms with Crippen LogP contribution in [0, 0.1) is 12.8 Å². The summed E-state index contributed by atoms with van der Waals surface area (Å²) in [5.74, 6) is -0.228. The quantitative estimate of drug-likeness (QED) is 0.235. The van der Waals surface area contributed by atoms with Gasteiger partial charge in [0.15, 0.2) is 0 Å². The molecule has 0 bridgehead atoms. The van der Waals surface area contributed by atoms with Crippen molar-refractivity contribution in [2.24, 2.45) is 5.92 Å². The Labute approximate surface area is 310 Å². The maximum Gasteiger partial charge on any atom is 0.315 e. The zero-order chi connectivity index (χ0) is 36.1. The number of benzene rings is 1. The number of nitrogens with zero attached hydrogens (tertiary/aromatic N) is 2. The van der Waals surface area contributed by atoms with Crippen molar-refractivity contribution in [1.29, 1.82) is 0 Å². The van der Waals surface area contributed by atoms with Crippen LogP contribution in [0.2, 0.25) is 0 Å². The molecule has 278 valence electrons. The smallest absolute Gasteiger partial charge is 0.315 e. The number of ether oxygens (including phenoxy) is 1. The molecule has 2 aromatic rings. The van der Waals surface area contributed by atoms with Gasteiger partial charge in [0.05, 0.1) is 17.8 Å². The van der Waals surface area contributed by atoms with Crippen molar-refractivity contribution in [3.8, 4) is 5.75 Å². The van der Waals surface area contributed by atoms with E-state index in [9.17, 15) is 19.2 Å². The molecule has 5 atom stereocenters. The number of pyridine rings is 1. The highest BCUT2D eigenvalue weighted by Gasteiger charge is 2.62. The van der Waals surface area contributed by atoms with Crippen LogP contribution in [0.15, 0.2) is 36.4 Å². The van der Waals surface area contributed by atoms with Gasteiger partial charge >= 0.3 is 6.03 Å². The second-order valence-electron chi connectivity index (χ2n) is 16.5. The van der Waals surface area contributed by atoms with Gasteiger partial charge < -0.3 is 25.6 Å². The van der Waals surface area contributed by atoms with Crippen molar-refractivity contribution in [3.63, 3.8) is 0 Å². The Kier molecular flexibility index (Phi) is 9.41. The van der Waals surface area contributed by atoms with Gasteiger partial charge in [0, 0.05) is 34.1 Å². The number of nitrogens with one attached hydrogen (secondary N) is 4. The first-order valence-corrected chi connectivity index (χ1v) is 20.3. The molecule has 1 aromatic heterocycles. The van der Waals surface area contributed by atoms with Crippen LogP contribution in [-0.4, -0.2) is 74.2 Å². The molecular formula is C40H52N6O5S. The van der Waals surface area contributed by atoms with E-state index in [1.807, 2.05) is 25.1 Å². The molecular weight excluding hydrogens is 677 g/mol. The Balaban J connectivity index is 1.10. The van der Waals surface area contributed by atoms with Gasteiger partial charge in [-0.3, -0.25) is 19.1 Å². The van der Waals surface area contributed by atoms with Gasteiger partial charge in [-0.2, -0.15) is 0 Å². The van der Waals surface area contributed by atoms with Crippen LogP contribution in [0.5, 0.6) is 5.75 Å². The van der Waals surface area contributed by atoms with E-state index in [0.717, 1.165) is 98.5 Å². The van der Waals surface area contributed by atoms with E-state index in [1.54, 1.807) is 4.90 Å². The lowest BCUT2D eigenvalue weighted by atomic mass is 9.87. The molecule has 12 heteroatoms. The van der Waals surface area contributed by atoms with E-state index in [2.05, 4.69) is 45.8 Å². The number of allylic oxidation sites excluding steroid dienone is 1. The monoisotopic (exact) mass is 728 g/mol. The highest BCUT2D eigenvalue weighted by atomic mass is 32.2. The van der Waals surface area contributed by atoms with Gasteiger partial charge in [-0.05, 0) is 96.1 Å². The fourth-order valence-electron chi connectivity index (χ4n) is 8.86. The summed E-state index contributed by atoms with van der Waals surface area (Å²) in [6.45, 7) is 4.29. The molecule has 1 aromatic carbocycles. The first-order valence-electron chi connectivity index (χ1n) is 19.5. The van der Waals surface area contributed by atoms with Gasteiger partial charge in [0.1, 0.15) is 29.0 Å². The zero-order valence-corrected chi connectivity index (χ0v) is 31.2. The van der Waals surface area contributed by atoms with Crippen LogP contribution in [-0.2, 0) is 20.8 Å². The van der Waals surface area contributed by atoms with Crippen LogP contribution in [0.25, 0.3) is 10.9 Å². The lowest BCUT2D eigenvalue weighted by Gasteiger charge is -2.36. The van der Waals surface area contributed by atoms with Crippen molar-refractivity contribution in [1.82, 2.24) is 30.6 Å². The Morgan fingerprint density at radius 1 is 1.00 bits per heavy atom. The fourth-order valence-corrected chi connectivity index (χ4v) is 9.68. The third-order valence-electron chi connectivity index (χ3n) is 12.4. The lowest BCUT2D eigenvalue weighted by molar-refractivity contribution is -0.141. The molecule has 1 spiro atoms. The average molecular weight is 729 g/mol. The number of carbonyl (C=O) groups excluding carboxylic acids is 4. The largest absolute Gasteiger partial charge is 0.483 e. The predicted molar refractivity (Wildman–Crippen MR) is 201 cm³/mol. The number of hydrogen-bond donors (Lipinski definition) is 4.